The molecule has 0 aromatic heterocycles. The maximum atomic E-state index is 13.2. The van der Waals surface area contributed by atoms with Crippen LogP contribution in [0.5, 0.6) is 0 Å². The number of benzene rings is 3. The van der Waals surface area contributed by atoms with Gasteiger partial charge in [-0.15, -0.1) is 0 Å². The Balaban J connectivity index is 1.67. The Morgan fingerprint density at radius 3 is 2.21 bits per heavy atom. The predicted molar refractivity (Wildman–Crippen MR) is 109 cm³/mol. The van der Waals surface area contributed by atoms with Crippen molar-refractivity contribution in [3.8, 4) is 11.1 Å². The summed E-state index contributed by atoms with van der Waals surface area (Å²) < 4.78 is 27.7. The van der Waals surface area contributed by atoms with Crippen LogP contribution >= 0.6 is 0 Å². The molecule has 1 aliphatic rings. The smallest absolute Gasteiger partial charge is 0.265 e. The third-order valence-electron chi connectivity index (χ3n) is 4.89. The van der Waals surface area contributed by atoms with Gasteiger partial charge in [0.05, 0.1) is 10.6 Å². The lowest BCUT2D eigenvalue weighted by molar-refractivity contribution is -0.128. The third kappa shape index (κ3) is 3.16. The second-order valence-corrected chi connectivity index (χ2v) is 8.59. The fraction of sp³-hybridized carbons (Fsp3) is 0.136. The van der Waals surface area contributed by atoms with E-state index in [9.17, 15) is 13.2 Å². The molecule has 3 aromatic carbocycles. The Bertz CT molecular complexity index is 1130. The van der Waals surface area contributed by atoms with Gasteiger partial charge >= 0.3 is 0 Å². The summed E-state index contributed by atoms with van der Waals surface area (Å²) in [6, 6.07) is 23.8. The van der Waals surface area contributed by atoms with E-state index in [4.69, 9.17) is 0 Å². The topological polar surface area (TPSA) is 57.7 Å². The average Bonchev–Trinajstić information content (AvgIpc) is 2.72. The molecule has 4 rings (SSSR count). The maximum Gasteiger partial charge on any atom is 0.265 e. The molecule has 0 N–H and O–H groups in total. The first kappa shape index (κ1) is 18.3. The van der Waals surface area contributed by atoms with Crippen LogP contribution in [-0.4, -0.2) is 32.8 Å². The van der Waals surface area contributed by atoms with Crippen molar-refractivity contribution in [3.63, 3.8) is 0 Å². The summed E-state index contributed by atoms with van der Waals surface area (Å²) in [6.07, 6.45) is 0. The monoisotopic (exact) mass is 392 g/mol. The van der Waals surface area contributed by atoms with Crippen LogP contribution in [0.3, 0.4) is 0 Å². The van der Waals surface area contributed by atoms with Gasteiger partial charge in [0.1, 0.15) is 6.54 Å². The fourth-order valence-corrected chi connectivity index (χ4v) is 5.08. The number of sulfonamides is 1. The SMILES string of the molecule is CN(Cc1ccccc1)C(=O)CN1c2ccccc2-c2ccccc2S1(=O)=O. The predicted octanol–water partition coefficient (Wildman–Crippen LogP) is 3.52. The minimum atomic E-state index is -3.81. The number of likely N-dealkylation sites (N-methyl/N-ethyl adjacent to an activating group) is 1. The van der Waals surface area contributed by atoms with Gasteiger partial charge in [-0.2, -0.15) is 0 Å². The van der Waals surface area contributed by atoms with Gasteiger partial charge in [0.25, 0.3) is 10.0 Å². The van der Waals surface area contributed by atoms with E-state index in [1.54, 1.807) is 42.3 Å². The number of carbonyl (C=O) groups excluding carboxylic acids is 1. The van der Waals surface area contributed by atoms with E-state index in [0.29, 0.717) is 17.8 Å². The molecular weight excluding hydrogens is 372 g/mol. The van der Waals surface area contributed by atoms with E-state index in [-0.39, 0.29) is 17.3 Å². The molecule has 0 aliphatic carbocycles. The summed E-state index contributed by atoms with van der Waals surface area (Å²) in [5, 5.41) is 0. The number of hydrogen-bond acceptors (Lipinski definition) is 3. The van der Waals surface area contributed by atoms with Gasteiger partial charge in [-0.3, -0.25) is 9.10 Å². The molecule has 1 aliphatic heterocycles. The molecule has 6 heteroatoms. The molecule has 0 saturated heterocycles. The summed E-state index contributed by atoms with van der Waals surface area (Å²) >= 11 is 0. The Morgan fingerprint density at radius 1 is 0.857 bits per heavy atom. The van der Waals surface area contributed by atoms with E-state index < -0.39 is 10.0 Å². The van der Waals surface area contributed by atoms with Crippen molar-refractivity contribution >= 4 is 21.6 Å². The molecule has 0 radical (unpaired) electrons. The van der Waals surface area contributed by atoms with Gasteiger partial charge in [0.15, 0.2) is 0 Å². The van der Waals surface area contributed by atoms with Crippen LogP contribution in [0, 0.1) is 0 Å². The zero-order chi connectivity index (χ0) is 19.7. The van der Waals surface area contributed by atoms with Crippen molar-refractivity contribution in [1.29, 1.82) is 0 Å². The minimum Gasteiger partial charge on any atom is -0.340 e. The molecule has 1 amide bonds. The third-order valence-corrected chi connectivity index (χ3v) is 6.70. The molecule has 3 aromatic rings. The molecule has 0 atom stereocenters. The highest BCUT2D eigenvalue weighted by Gasteiger charge is 2.36. The largest absolute Gasteiger partial charge is 0.340 e. The zero-order valence-corrected chi connectivity index (χ0v) is 16.3. The van der Waals surface area contributed by atoms with Crippen molar-refractivity contribution in [3.05, 3.63) is 84.4 Å². The highest BCUT2D eigenvalue weighted by Crippen LogP contribution is 2.42. The van der Waals surface area contributed by atoms with E-state index in [0.717, 1.165) is 11.1 Å². The first-order valence-corrected chi connectivity index (χ1v) is 10.4. The van der Waals surface area contributed by atoms with Gasteiger partial charge in [-0.25, -0.2) is 8.42 Å². The zero-order valence-electron chi connectivity index (χ0n) is 15.4. The van der Waals surface area contributed by atoms with Crippen molar-refractivity contribution in [2.45, 2.75) is 11.4 Å². The Labute approximate surface area is 164 Å². The minimum absolute atomic E-state index is 0.229. The summed E-state index contributed by atoms with van der Waals surface area (Å²) in [6.45, 7) is 0.183. The van der Waals surface area contributed by atoms with Gasteiger partial charge < -0.3 is 4.90 Å². The fourth-order valence-electron chi connectivity index (χ4n) is 3.44. The molecule has 0 fully saturated rings. The van der Waals surface area contributed by atoms with E-state index in [1.165, 1.54) is 4.31 Å². The standard InChI is InChI=1S/C22H20N2O3S/c1-23(15-17-9-3-2-4-10-17)22(25)16-24-20-13-7-5-11-18(20)19-12-6-8-14-21(19)28(24,26)27/h2-14H,15-16H2,1H3. The number of fused-ring (bicyclic) bond motifs is 3. The van der Waals surface area contributed by atoms with Crippen LogP contribution in [0.25, 0.3) is 11.1 Å². The molecule has 1 heterocycles. The number of carbonyl (C=O) groups is 1. The number of hydrogen-bond donors (Lipinski definition) is 0. The lowest BCUT2D eigenvalue weighted by Crippen LogP contribution is -2.42. The van der Waals surface area contributed by atoms with Crippen LogP contribution < -0.4 is 4.31 Å². The lowest BCUT2D eigenvalue weighted by atomic mass is 10.0. The first-order chi connectivity index (χ1) is 13.5. The Kier molecular flexibility index (Phi) is 4.65. The van der Waals surface area contributed by atoms with Gasteiger partial charge in [-0.1, -0.05) is 66.7 Å². The lowest BCUT2D eigenvalue weighted by Gasteiger charge is -2.32. The van der Waals surface area contributed by atoms with Gasteiger partial charge in [0.2, 0.25) is 5.91 Å². The molecule has 0 bridgehead atoms. The molecule has 142 valence electrons. The molecule has 0 saturated carbocycles. The second kappa shape index (κ2) is 7.13. The summed E-state index contributed by atoms with van der Waals surface area (Å²) in [5.74, 6) is -0.262. The molecule has 28 heavy (non-hydrogen) atoms. The van der Waals surface area contributed by atoms with Crippen molar-refractivity contribution in [2.24, 2.45) is 0 Å². The highest BCUT2D eigenvalue weighted by molar-refractivity contribution is 7.93. The van der Waals surface area contributed by atoms with Crippen molar-refractivity contribution in [1.82, 2.24) is 4.90 Å². The Hall–Kier alpha value is -3.12. The highest BCUT2D eigenvalue weighted by atomic mass is 32.2. The van der Waals surface area contributed by atoms with E-state index >= 15 is 0 Å². The van der Waals surface area contributed by atoms with Crippen LogP contribution in [-0.2, 0) is 21.4 Å². The van der Waals surface area contributed by atoms with Crippen LogP contribution in [0.15, 0.2) is 83.8 Å². The van der Waals surface area contributed by atoms with Gasteiger partial charge in [0, 0.05) is 24.7 Å². The molecule has 0 unspecified atom stereocenters. The average molecular weight is 392 g/mol. The molecular formula is C22H20N2O3S. The number of anilines is 1. The summed E-state index contributed by atoms with van der Waals surface area (Å²) in [5.41, 5.74) is 3.00. The van der Waals surface area contributed by atoms with E-state index in [2.05, 4.69) is 0 Å². The summed E-state index contributed by atoms with van der Waals surface area (Å²) in [4.78, 5) is 14.6. The van der Waals surface area contributed by atoms with Crippen LogP contribution in [0.2, 0.25) is 0 Å². The van der Waals surface area contributed by atoms with Crippen molar-refractivity contribution < 1.29 is 13.2 Å². The van der Waals surface area contributed by atoms with Crippen LogP contribution in [0.1, 0.15) is 5.56 Å². The number of nitrogens with zero attached hydrogens (tertiary/aromatic N) is 2. The van der Waals surface area contributed by atoms with Gasteiger partial charge in [-0.05, 0) is 17.7 Å². The number of amides is 1. The normalized spacial score (nSPS) is 14.1. The number of rotatable bonds is 4. The maximum absolute atomic E-state index is 13.2. The summed E-state index contributed by atoms with van der Waals surface area (Å²) in [7, 11) is -2.13. The number of para-hydroxylation sites is 1. The Morgan fingerprint density at radius 2 is 1.46 bits per heavy atom. The first-order valence-electron chi connectivity index (χ1n) is 8.97. The molecule has 5 nitrogen and oxygen atoms in total. The second-order valence-electron chi connectivity index (χ2n) is 6.76. The van der Waals surface area contributed by atoms with Crippen LogP contribution in [0.4, 0.5) is 5.69 Å². The van der Waals surface area contributed by atoms with Crippen molar-refractivity contribution in [2.75, 3.05) is 17.9 Å². The quantitative estimate of drug-likeness (QED) is 0.683. The molecule has 0 spiro atoms. The van der Waals surface area contributed by atoms with E-state index in [1.807, 2.05) is 48.5 Å².